The molecule has 1 aliphatic heterocycles. The van der Waals surface area contributed by atoms with Crippen molar-refractivity contribution in [3.05, 3.63) is 71.4 Å². The predicted octanol–water partition coefficient (Wildman–Crippen LogP) is 3.70. The zero-order valence-electron chi connectivity index (χ0n) is 18.6. The number of fused-ring (bicyclic) bond motifs is 3. The second kappa shape index (κ2) is 6.68. The van der Waals surface area contributed by atoms with Crippen molar-refractivity contribution in [2.75, 3.05) is 0 Å². The molecule has 3 aliphatic rings. The fraction of sp³-hybridized carbons (Fsp3) is 0.320. The minimum atomic E-state index is 0.169. The Kier molecular flexibility index (Phi) is 3.82. The van der Waals surface area contributed by atoms with E-state index in [-0.39, 0.29) is 11.5 Å². The van der Waals surface area contributed by atoms with Gasteiger partial charge in [0.2, 0.25) is 0 Å². The highest BCUT2D eigenvalue weighted by Crippen LogP contribution is 2.47. The van der Waals surface area contributed by atoms with E-state index in [9.17, 15) is 0 Å². The monoisotopic (exact) mass is 436 g/mol. The van der Waals surface area contributed by atoms with Crippen molar-refractivity contribution in [3.63, 3.8) is 0 Å². The Balaban J connectivity index is 1.14. The molecule has 0 bridgehead atoms. The molecule has 0 amide bonds. The van der Waals surface area contributed by atoms with Crippen LogP contribution >= 0.6 is 0 Å². The molecule has 3 N–H and O–H groups in total. The maximum atomic E-state index is 4.83. The van der Waals surface area contributed by atoms with Crippen molar-refractivity contribution in [2.24, 2.45) is 10.9 Å². The summed E-state index contributed by atoms with van der Waals surface area (Å²) in [4.78, 5) is 29.8. The van der Waals surface area contributed by atoms with Gasteiger partial charge >= 0.3 is 0 Å². The van der Waals surface area contributed by atoms with E-state index in [1.807, 2.05) is 12.3 Å². The van der Waals surface area contributed by atoms with Gasteiger partial charge in [0.15, 0.2) is 11.5 Å². The fourth-order valence-corrected chi connectivity index (χ4v) is 4.66. The molecule has 2 aliphatic carbocycles. The van der Waals surface area contributed by atoms with E-state index >= 15 is 0 Å². The van der Waals surface area contributed by atoms with Gasteiger partial charge in [0.05, 0.1) is 11.2 Å². The van der Waals surface area contributed by atoms with Crippen molar-refractivity contribution in [1.29, 1.82) is 0 Å². The lowest BCUT2D eigenvalue weighted by atomic mass is 9.97. The summed E-state index contributed by atoms with van der Waals surface area (Å²) in [6.45, 7) is 5.13. The molecule has 0 radical (unpaired) electrons. The summed E-state index contributed by atoms with van der Waals surface area (Å²) >= 11 is 0. The average molecular weight is 437 g/mol. The first-order valence-corrected chi connectivity index (χ1v) is 11.5. The molecular formula is C25H24N8. The van der Waals surface area contributed by atoms with Crippen LogP contribution in [0.4, 0.5) is 0 Å². The number of aromatic amines is 2. The minimum absolute atomic E-state index is 0.169. The first-order chi connectivity index (χ1) is 16.1. The number of aliphatic imine (C=N–C) groups is 1. The molecule has 1 fully saturated rings. The van der Waals surface area contributed by atoms with Crippen molar-refractivity contribution in [2.45, 2.75) is 44.7 Å². The van der Waals surface area contributed by atoms with Crippen LogP contribution in [0.2, 0.25) is 0 Å². The lowest BCUT2D eigenvalue weighted by Crippen LogP contribution is -2.30. The van der Waals surface area contributed by atoms with E-state index in [2.05, 4.69) is 63.4 Å². The van der Waals surface area contributed by atoms with Crippen molar-refractivity contribution in [3.8, 4) is 0 Å². The number of nitrogens with one attached hydrogen (secondary N) is 3. The molecule has 0 saturated heterocycles. The van der Waals surface area contributed by atoms with E-state index in [1.54, 1.807) is 6.33 Å². The zero-order valence-corrected chi connectivity index (χ0v) is 18.6. The minimum Gasteiger partial charge on any atom is -0.346 e. The summed E-state index contributed by atoms with van der Waals surface area (Å²) in [7, 11) is 0. The molecule has 164 valence electrons. The molecule has 5 heterocycles. The lowest BCUT2D eigenvalue weighted by molar-refractivity contribution is 0.583. The number of hydrogen-bond acceptors (Lipinski definition) is 6. The van der Waals surface area contributed by atoms with Gasteiger partial charge in [-0.25, -0.2) is 24.9 Å². The molecule has 0 aromatic carbocycles. The maximum Gasteiger partial charge on any atom is 0.178 e. The van der Waals surface area contributed by atoms with Crippen LogP contribution in [-0.2, 0) is 12.0 Å². The van der Waals surface area contributed by atoms with Gasteiger partial charge in [-0.3, -0.25) is 0 Å². The Morgan fingerprint density at radius 3 is 2.97 bits per heavy atom. The third-order valence-corrected chi connectivity index (χ3v) is 7.18. The highest BCUT2D eigenvalue weighted by atomic mass is 15.0. The molecule has 7 rings (SSSR count). The van der Waals surface area contributed by atoms with Crippen LogP contribution in [0.3, 0.4) is 0 Å². The predicted molar refractivity (Wildman–Crippen MR) is 127 cm³/mol. The van der Waals surface area contributed by atoms with E-state index < -0.39 is 0 Å². The number of imidazole rings is 1. The van der Waals surface area contributed by atoms with Gasteiger partial charge in [-0.15, -0.1) is 0 Å². The normalized spacial score (nSPS) is 21.4. The standard InChI is InChI=1S/C25H24N8/c1-13(27-11-20-14-5-8-26-22(14)29-12-28-20)15-9-19(30-18-10-16(15)18)24-31-17-3-4-21(25(2)6-7-25)32-23(17)33-24/h3-5,8-10,12-13,16,27H,6-7,11H2,1-2H3,(H,26,28,29)(H,31,32,33)/t13-,16?/m1/s1. The SMILES string of the molecule is C[C@@H](NCc1ncnc2[nH]ccc12)C1=CC(c2nc3nc(C4(C)CC4)ccc3[nH]2)=NC2=CC21. The van der Waals surface area contributed by atoms with Gasteiger partial charge in [0.1, 0.15) is 17.7 Å². The molecular weight excluding hydrogens is 412 g/mol. The Morgan fingerprint density at radius 2 is 2.09 bits per heavy atom. The third-order valence-electron chi connectivity index (χ3n) is 7.18. The Morgan fingerprint density at radius 1 is 1.18 bits per heavy atom. The first kappa shape index (κ1) is 18.9. The van der Waals surface area contributed by atoms with Crippen molar-refractivity contribution >= 4 is 27.9 Å². The largest absolute Gasteiger partial charge is 0.346 e. The highest BCUT2D eigenvalue weighted by Gasteiger charge is 2.40. The third kappa shape index (κ3) is 3.13. The number of rotatable bonds is 6. The van der Waals surface area contributed by atoms with Gasteiger partial charge in [0.25, 0.3) is 0 Å². The number of dihydropyridines is 1. The topological polar surface area (TPSA) is 108 Å². The lowest BCUT2D eigenvalue weighted by Gasteiger charge is -2.20. The Bertz CT molecular complexity index is 1510. The summed E-state index contributed by atoms with van der Waals surface area (Å²) < 4.78 is 0. The molecule has 2 atom stereocenters. The van der Waals surface area contributed by atoms with Crippen LogP contribution in [-0.4, -0.2) is 41.7 Å². The summed E-state index contributed by atoms with van der Waals surface area (Å²) in [5.74, 6) is 1.09. The summed E-state index contributed by atoms with van der Waals surface area (Å²) in [5.41, 5.74) is 8.23. The molecule has 4 aromatic heterocycles. The summed E-state index contributed by atoms with van der Waals surface area (Å²) in [6, 6.07) is 6.41. The Labute approximate surface area is 190 Å². The van der Waals surface area contributed by atoms with E-state index in [1.165, 1.54) is 18.4 Å². The van der Waals surface area contributed by atoms with Crippen LogP contribution in [0.15, 0.2) is 59.1 Å². The van der Waals surface area contributed by atoms with E-state index in [0.29, 0.717) is 12.5 Å². The van der Waals surface area contributed by atoms with Crippen LogP contribution in [0.1, 0.15) is 43.9 Å². The zero-order chi connectivity index (χ0) is 22.2. The van der Waals surface area contributed by atoms with E-state index in [0.717, 1.165) is 50.8 Å². The molecule has 0 spiro atoms. The fourth-order valence-electron chi connectivity index (χ4n) is 4.66. The number of allylic oxidation sites excluding steroid dienone is 3. The van der Waals surface area contributed by atoms with Gasteiger partial charge in [-0.1, -0.05) is 6.92 Å². The van der Waals surface area contributed by atoms with Crippen molar-refractivity contribution < 1.29 is 0 Å². The highest BCUT2D eigenvalue weighted by molar-refractivity contribution is 6.09. The Hall–Kier alpha value is -3.65. The maximum absolute atomic E-state index is 4.83. The number of nitrogens with zero attached hydrogens (tertiary/aromatic N) is 5. The number of hydrogen-bond donors (Lipinski definition) is 3. The number of aromatic nitrogens is 6. The van der Waals surface area contributed by atoms with Gasteiger partial charge in [-0.05, 0) is 55.7 Å². The molecule has 4 aromatic rings. The molecule has 1 saturated carbocycles. The van der Waals surface area contributed by atoms with Gasteiger partial charge in [0, 0.05) is 46.9 Å². The van der Waals surface area contributed by atoms with Crippen LogP contribution in [0, 0.1) is 5.92 Å². The van der Waals surface area contributed by atoms with Crippen LogP contribution < -0.4 is 5.32 Å². The first-order valence-electron chi connectivity index (χ1n) is 11.5. The van der Waals surface area contributed by atoms with Crippen LogP contribution in [0.25, 0.3) is 22.2 Å². The molecule has 33 heavy (non-hydrogen) atoms. The van der Waals surface area contributed by atoms with Gasteiger partial charge < -0.3 is 15.3 Å². The quantitative estimate of drug-likeness (QED) is 0.427. The summed E-state index contributed by atoms with van der Waals surface area (Å²) in [6.07, 6.45) is 10.3. The van der Waals surface area contributed by atoms with E-state index in [4.69, 9.17) is 15.0 Å². The number of H-pyrrole nitrogens is 2. The van der Waals surface area contributed by atoms with Crippen molar-refractivity contribution in [1.82, 2.24) is 35.2 Å². The summed E-state index contributed by atoms with van der Waals surface area (Å²) in [5, 5.41) is 4.69. The average Bonchev–Trinajstić information content (AvgIpc) is 3.66. The number of pyridine rings is 1. The second-order valence-corrected chi connectivity index (χ2v) is 9.59. The second-order valence-electron chi connectivity index (χ2n) is 9.59. The van der Waals surface area contributed by atoms with Crippen LogP contribution in [0.5, 0.6) is 0 Å². The molecule has 8 nitrogen and oxygen atoms in total. The van der Waals surface area contributed by atoms with Gasteiger partial charge in [-0.2, -0.15) is 0 Å². The molecule has 8 heteroatoms. The smallest absolute Gasteiger partial charge is 0.178 e. The molecule has 1 unspecified atom stereocenters.